The maximum atomic E-state index is 7.04. The molecule has 9 aromatic carbocycles. The molecular weight excluding hydrogens is 676 g/mol. The molecule has 0 saturated carbocycles. The standard InChI is InChI=1S/C51H33ClN2/c52-40-28-39(29-41(31-40)54-47-17-8-7-16-45(47)51-48(54)18-9-25-53-51)36-23-24-44-46(30-36)50(38-22-20-33-11-2-4-13-35(33)27-38)43-15-6-5-14-42(43)49(44)37-21-19-32-10-1-3-12-34(32)26-37/h1-24,26-31,53H,25H2. The van der Waals surface area contributed by atoms with Crippen molar-refractivity contribution in [2.75, 3.05) is 11.9 Å². The fourth-order valence-corrected chi connectivity index (χ4v) is 8.98. The molecule has 2 heterocycles. The highest BCUT2D eigenvalue weighted by Crippen LogP contribution is 2.46. The second-order valence-corrected chi connectivity index (χ2v) is 14.7. The molecule has 11 rings (SSSR count). The van der Waals surface area contributed by atoms with Gasteiger partial charge in [-0.25, -0.2) is 0 Å². The monoisotopic (exact) mass is 708 g/mol. The molecule has 0 radical (unpaired) electrons. The number of para-hydroxylation sites is 1. The van der Waals surface area contributed by atoms with Gasteiger partial charge >= 0.3 is 0 Å². The van der Waals surface area contributed by atoms with Crippen molar-refractivity contribution in [3.05, 3.63) is 187 Å². The molecule has 3 heteroatoms. The van der Waals surface area contributed by atoms with Crippen molar-refractivity contribution in [3.63, 3.8) is 0 Å². The molecule has 0 fully saturated rings. The van der Waals surface area contributed by atoms with E-state index >= 15 is 0 Å². The molecule has 1 aliphatic heterocycles. The molecule has 0 bridgehead atoms. The zero-order valence-corrected chi connectivity index (χ0v) is 30.1. The molecule has 1 N–H and O–H groups in total. The van der Waals surface area contributed by atoms with E-state index in [0.29, 0.717) is 5.02 Å². The van der Waals surface area contributed by atoms with Gasteiger partial charge in [-0.1, -0.05) is 145 Å². The summed E-state index contributed by atoms with van der Waals surface area (Å²) in [6.45, 7) is 0.814. The van der Waals surface area contributed by atoms with Crippen LogP contribution in [0.4, 0.5) is 5.69 Å². The van der Waals surface area contributed by atoms with Gasteiger partial charge in [0.05, 0.1) is 16.9 Å². The summed E-state index contributed by atoms with van der Waals surface area (Å²) in [5.74, 6) is 0. The van der Waals surface area contributed by atoms with E-state index in [-0.39, 0.29) is 0 Å². The van der Waals surface area contributed by atoms with Crippen LogP contribution in [0.5, 0.6) is 0 Å². The van der Waals surface area contributed by atoms with E-state index in [4.69, 9.17) is 11.6 Å². The van der Waals surface area contributed by atoms with Crippen LogP contribution in [-0.4, -0.2) is 11.1 Å². The third-order valence-electron chi connectivity index (χ3n) is 11.2. The number of hydrogen-bond acceptors (Lipinski definition) is 1. The van der Waals surface area contributed by atoms with E-state index in [1.165, 1.54) is 70.7 Å². The average molecular weight is 709 g/mol. The SMILES string of the molecule is Clc1cc(-c2ccc3c(-c4ccc5ccccc5c4)c4ccccc4c(-c4ccc5ccccc5c4)c3c2)cc(-n2c3c(c4ccccc42)NCC=C3)c1. The predicted octanol–water partition coefficient (Wildman–Crippen LogP) is 14.3. The van der Waals surface area contributed by atoms with Gasteiger partial charge in [-0.2, -0.15) is 0 Å². The highest BCUT2D eigenvalue weighted by atomic mass is 35.5. The number of fused-ring (bicyclic) bond motifs is 7. The van der Waals surface area contributed by atoms with Crippen molar-refractivity contribution in [1.82, 2.24) is 4.57 Å². The van der Waals surface area contributed by atoms with Gasteiger partial charge in [0, 0.05) is 22.6 Å². The van der Waals surface area contributed by atoms with E-state index in [9.17, 15) is 0 Å². The average Bonchev–Trinajstić information content (AvgIpc) is 3.56. The Morgan fingerprint density at radius 1 is 0.444 bits per heavy atom. The number of aromatic nitrogens is 1. The lowest BCUT2D eigenvalue weighted by Crippen LogP contribution is -2.06. The van der Waals surface area contributed by atoms with Crippen molar-refractivity contribution in [2.24, 2.45) is 0 Å². The van der Waals surface area contributed by atoms with Gasteiger partial charge in [0.15, 0.2) is 0 Å². The zero-order valence-electron chi connectivity index (χ0n) is 29.4. The van der Waals surface area contributed by atoms with E-state index in [2.05, 4.69) is 192 Å². The molecule has 0 atom stereocenters. The van der Waals surface area contributed by atoms with Crippen molar-refractivity contribution >= 4 is 77.4 Å². The van der Waals surface area contributed by atoms with E-state index < -0.39 is 0 Å². The van der Waals surface area contributed by atoms with Crippen LogP contribution < -0.4 is 5.32 Å². The predicted molar refractivity (Wildman–Crippen MR) is 232 cm³/mol. The van der Waals surface area contributed by atoms with Crippen molar-refractivity contribution in [1.29, 1.82) is 0 Å². The lowest BCUT2D eigenvalue weighted by atomic mass is 9.84. The zero-order chi connectivity index (χ0) is 35.8. The van der Waals surface area contributed by atoms with Crippen LogP contribution in [0.15, 0.2) is 176 Å². The number of hydrogen-bond donors (Lipinski definition) is 1. The number of halogens is 1. The molecule has 0 aliphatic carbocycles. The first-order chi connectivity index (χ1) is 26.7. The Hall–Kier alpha value is -6.61. The lowest BCUT2D eigenvalue weighted by Gasteiger charge is -2.20. The molecule has 0 spiro atoms. The maximum absolute atomic E-state index is 7.04. The molecule has 1 aliphatic rings. The lowest BCUT2D eigenvalue weighted by molar-refractivity contribution is 1.10. The van der Waals surface area contributed by atoms with E-state index in [1.807, 2.05) is 0 Å². The smallest absolute Gasteiger partial charge is 0.0698 e. The minimum Gasteiger partial charge on any atom is -0.379 e. The second-order valence-electron chi connectivity index (χ2n) is 14.3. The Balaban J connectivity index is 1.20. The molecular formula is C51H33ClN2. The highest BCUT2D eigenvalue weighted by molar-refractivity contribution is 6.31. The minimum absolute atomic E-state index is 0.701. The van der Waals surface area contributed by atoms with Crippen LogP contribution in [0.1, 0.15) is 5.69 Å². The summed E-state index contributed by atoms with van der Waals surface area (Å²) >= 11 is 7.04. The Morgan fingerprint density at radius 3 is 1.72 bits per heavy atom. The van der Waals surface area contributed by atoms with Gasteiger partial charge in [-0.15, -0.1) is 0 Å². The molecule has 254 valence electrons. The topological polar surface area (TPSA) is 17.0 Å². The largest absolute Gasteiger partial charge is 0.379 e. The van der Waals surface area contributed by atoms with Crippen LogP contribution in [0.3, 0.4) is 0 Å². The van der Waals surface area contributed by atoms with Crippen LogP contribution in [-0.2, 0) is 0 Å². The van der Waals surface area contributed by atoms with Crippen LogP contribution in [0.25, 0.3) is 99.1 Å². The fraction of sp³-hybridized carbons (Fsp3) is 0.0196. The molecule has 54 heavy (non-hydrogen) atoms. The van der Waals surface area contributed by atoms with Gasteiger partial charge in [0.25, 0.3) is 0 Å². The quantitative estimate of drug-likeness (QED) is 0.180. The number of rotatable bonds is 4. The summed E-state index contributed by atoms with van der Waals surface area (Å²) in [6.07, 6.45) is 4.40. The Morgan fingerprint density at radius 2 is 1.02 bits per heavy atom. The van der Waals surface area contributed by atoms with Gasteiger partial charge in [0.2, 0.25) is 0 Å². The molecule has 2 nitrogen and oxygen atoms in total. The first-order valence-electron chi connectivity index (χ1n) is 18.5. The van der Waals surface area contributed by atoms with Gasteiger partial charge in [0.1, 0.15) is 0 Å². The molecule has 0 amide bonds. The summed E-state index contributed by atoms with van der Waals surface area (Å²) in [4.78, 5) is 0. The van der Waals surface area contributed by atoms with Crippen molar-refractivity contribution in [3.8, 4) is 39.1 Å². The summed E-state index contributed by atoms with van der Waals surface area (Å²) < 4.78 is 2.33. The summed E-state index contributed by atoms with van der Waals surface area (Å²) in [5.41, 5.74) is 11.6. The third-order valence-corrected chi connectivity index (χ3v) is 11.4. The molecule has 10 aromatic rings. The molecule has 0 saturated heterocycles. The van der Waals surface area contributed by atoms with Crippen molar-refractivity contribution < 1.29 is 0 Å². The van der Waals surface area contributed by atoms with Crippen LogP contribution >= 0.6 is 11.6 Å². The van der Waals surface area contributed by atoms with E-state index in [0.717, 1.165) is 40.3 Å². The van der Waals surface area contributed by atoms with Gasteiger partial charge in [-0.3, -0.25) is 0 Å². The molecule has 0 unspecified atom stereocenters. The summed E-state index contributed by atoms with van der Waals surface area (Å²) in [5, 5.41) is 15.4. The first-order valence-corrected chi connectivity index (χ1v) is 18.9. The van der Waals surface area contributed by atoms with Crippen LogP contribution in [0.2, 0.25) is 5.02 Å². The first kappa shape index (κ1) is 31.0. The Labute approximate surface area is 318 Å². The number of anilines is 1. The van der Waals surface area contributed by atoms with Crippen molar-refractivity contribution in [2.45, 2.75) is 0 Å². The minimum atomic E-state index is 0.701. The fourth-order valence-electron chi connectivity index (χ4n) is 8.75. The molecule has 1 aromatic heterocycles. The van der Waals surface area contributed by atoms with Crippen LogP contribution in [0, 0.1) is 0 Å². The highest BCUT2D eigenvalue weighted by Gasteiger charge is 2.21. The number of benzene rings is 9. The van der Waals surface area contributed by atoms with Gasteiger partial charge in [-0.05, 0) is 125 Å². The Kier molecular flexibility index (Phi) is 7.01. The van der Waals surface area contributed by atoms with Gasteiger partial charge < -0.3 is 9.88 Å². The third kappa shape index (κ3) is 4.88. The second kappa shape index (κ2) is 12.2. The number of nitrogens with zero attached hydrogens (tertiary/aromatic N) is 1. The van der Waals surface area contributed by atoms with E-state index in [1.54, 1.807) is 0 Å². The number of nitrogens with one attached hydrogen (secondary N) is 1. The summed E-state index contributed by atoms with van der Waals surface area (Å²) in [7, 11) is 0. The Bertz CT molecular complexity index is 3180. The summed E-state index contributed by atoms with van der Waals surface area (Å²) in [6, 6.07) is 61.9. The maximum Gasteiger partial charge on any atom is 0.0698 e. The normalized spacial score (nSPS) is 12.5.